The highest BCUT2D eigenvalue weighted by molar-refractivity contribution is 5.93. The summed E-state index contributed by atoms with van der Waals surface area (Å²) in [5.74, 6) is 0.991. The van der Waals surface area contributed by atoms with Crippen LogP contribution in [0.1, 0.15) is 5.56 Å². The predicted octanol–water partition coefficient (Wildman–Crippen LogP) is 2.68. The molecule has 0 amide bonds. The summed E-state index contributed by atoms with van der Waals surface area (Å²) in [4.78, 5) is 8.83. The first kappa shape index (κ1) is 11.7. The molecule has 3 heteroatoms. The Kier molecular flexibility index (Phi) is 2.92. The maximum Gasteiger partial charge on any atom is 0.130 e. The van der Waals surface area contributed by atoms with Crippen LogP contribution in [-0.2, 0) is 0 Å². The maximum atomic E-state index is 4.66. The summed E-state index contributed by atoms with van der Waals surface area (Å²) in [7, 11) is 8.16. The van der Waals surface area contributed by atoms with E-state index >= 15 is 0 Å². The molecule has 1 heterocycles. The molecule has 0 aliphatic rings. The van der Waals surface area contributed by atoms with Gasteiger partial charge in [0.2, 0.25) is 0 Å². The van der Waals surface area contributed by atoms with Crippen molar-refractivity contribution in [3.05, 3.63) is 29.8 Å². The van der Waals surface area contributed by atoms with E-state index in [1.807, 2.05) is 19.0 Å². The molecular formula is C14H19N3. The molecule has 90 valence electrons. The van der Waals surface area contributed by atoms with Gasteiger partial charge in [-0.3, -0.25) is 0 Å². The van der Waals surface area contributed by atoms with Crippen LogP contribution in [0.3, 0.4) is 0 Å². The van der Waals surface area contributed by atoms with Crippen LogP contribution in [0.5, 0.6) is 0 Å². The fraction of sp³-hybridized carbons (Fsp3) is 0.357. The zero-order valence-electron chi connectivity index (χ0n) is 11.2. The van der Waals surface area contributed by atoms with Crippen LogP contribution in [0.15, 0.2) is 24.3 Å². The van der Waals surface area contributed by atoms with Gasteiger partial charge >= 0.3 is 0 Å². The van der Waals surface area contributed by atoms with Crippen LogP contribution >= 0.6 is 0 Å². The van der Waals surface area contributed by atoms with Crippen LogP contribution in [0.4, 0.5) is 11.5 Å². The molecule has 0 radical (unpaired) electrons. The lowest BCUT2D eigenvalue weighted by Gasteiger charge is -2.19. The SMILES string of the molecule is Cc1ccc2nc(N(C)C)cc(N(C)C)c2c1. The number of benzene rings is 1. The van der Waals surface area contributed by atoms with Gasteiger partial charge in [-0.25, -0.2) is 4.98 Å². The molecule has 3 nitrogen and oxygen atoms in total. The summed E-state index contributed by atoms with van der Waals surface area (Å²) in [5.41, 5.74) is 3.52. The Balaban J connectivity index is 2.76. The van der Waals surface area contributed by atoms with Crippen molar-refractivity contribution in [3.63, 3.8) is 0 Å². The fourth-order valence-electron chi connectivity index (χ4n) is 1.91. The fourth-order valence-corrected chi connectivity index (χ4v) is 1.91. The third-order valence-electron chi connectivity index (χ3n) is 2.87. The first-order chi connectivity index (χ1) is 7.99. The predicted molar refractivity (Wildman–Crippen MR) is 75.1 cm³/mol. The highest BCUT2D eigenvalue weighted by atomic mass is 15.1. The number of anilines is 2. The normalized spacial score (nSPS) is 10.6. The van der Waals surface area contributed by atoms with Crippen molar-refractivity contribution in [2.24, 2.45) is 0 Å². The van der Waals surface area contributed by atoms with Crippen molar-refractivity contribution < 1.29 is 0 Å². The first-order valence-corrected chi connectivity index (χ1v) is 5.75. The topological polar surface area (TPSA) is 19.4 Å². The highest BCUT2D eigenvalue weighted by Gasteiger charge is 2.08. The van der Waals surface area contributed by atoms with Crippen LogP contribution < -0.4 is 9.80 Å². The molecule has 0 N–H and O–H groups in total. The molecule has 0 bridgehead atoms. The molecule has 2 aromatic rings. The van der Waals surface area contributed by atoms with Gasteiger partial charge < -0.3 is 9.80 Å². The van der Waals surface area contributed by atoms with Gasteiger partial charge in [0.25, 0.3) is 0 Å². The van der Waals surface area contributed by atoms with E-state index in [0.29, 0.717) is 0 Å². The molecule has 2 rings (SSSR count). The van der Waals surface area contributed by atoms with Crippen molar-refractivity contribution in [2.45, 2.75) is 6.92 Å². The van der Waals surface area contributed by atoms with E-state index in [1.54, 1.807) is 0 Å². The number of pyridine rings is 1. The summed E-state index contributed by atoms with van der Waals surface area (Å²) in [5, 5.41) is 1.21. The van der Waals surface area contributed by atoms with E-state index in [4.69, 9.17) is 0 Å². The second kappa shape index (κ2) is 4.24. The molecule has 0 fully saturated rings. The van der Waals surface area contributed by atoms with Gasteiger partial charge in [-0.1, -0.05) is 11.6 Å². The summed E-state index contributed by atoms with van der Waals surface area (Å²) >= 11 is 0. The third kappa shape index (κ3) is 2.18. The Labute approximate surface area is 103 Å². The van der Waals surface area contributed by atoms with E-state index in [1.165, 1.54) is 16.6 Å². The van der Waals surface area contributed by atoms with E-state index in [2.05, 4.69) is 55.2 Å². The lowest BCUT2D eigenvalue weighted by atomic mass is 10.1. The molecule has 0 aliphatic heterocycles. The molecular weight excluding hydrogens is 210 g/mol. The zero-order valence-corrected chi connectivity index (χ0v) is 11.2. The van der Waals surface area contributed by atoms with Gasteiger partial charge in [0.15, 0.2) is 0 Å². The largest absolute Gasteiger partial charge is 0.377 e. The van der Waals surface area contributed by atoms with Gasteiger partial charge in [-0.2, -0.15) is 0 Å². The number of rotatable bonds is 2. The molecule has 0 atom stereocenters. The van der Waals surface area contributed by atoms with Crippen molar-refractivity contribution in [1.82, 2.24) is 4.98 Å². The molecule has 17 heavy (non-hydrogen) atoms. The average molecular weight is 229 g/mol. The standard InChI is InChI=1S/C14H19N3/c1-10-6-7-12-11(8-10)13(16(2)3)9-14(15-12)17(4)5/h6-9H,1-5H3. The van der Waals surface area contributed by atoms with Crippen LogP contribution in [0, 0.1) is 6.92 Å². The second-order valence-corrected chi connectivity index (χ2v) is 4.81. The van der Waals surface area contributed by atoms with E-state index in [-0.39, 0.29) is 0 Å². The molecule has 0 aliphatic carbocycles. The van der Waals surface area contributed by atoms with Gasteiger partial charge in [0.05, 0.1) is 5.52 Å². The lowest BCUT2D eigenvalue weighted by Crippen LogP contribution is -2.14. The number of aryl methyl sites for hydroxylation is 1. The molecule has 0 unspecified atom stereocenters. The van der Waals surface area contributed by atoms with Crippen molar-refractivity contribution in [3.8, 4) is 0 Å². The van der Waals surface area contributed by atoms with Crippen LogP contribution in [0.2, 0.25) is 0 Å². The number of hydrogen-bond acceptors (Lipinski definition) is 3. The zero-order chi connectivity index (χ0) is 12.6. The van der Waals surface area contributed by atoms with E-state index < -0.39 is 0 Å². The summed E-state index contributed by atoms with van der Waals surface area (Å²) < 4.78 is 0. The molecule has 0 saturated carbocycles. The monoisotopic (exact) mass is 229 g/mol. The Bertz CT molecular complexity index is 544. The van der Waals surface area contributed by atoms with E-state index in [0.717, 1.165) is 11.3 Å². The van der Waals surface area contributed by atoms with Crippen molar-refractivity contribution in [2.75, 3.05) is 38.0 Å². The molecule has 0 saturated heterocycles. The minimum absolute atomic E-state index is 0.991. The van der Waals surface area contributed by atoms with Crippen LogP contribution in [-0.4, -0.2) is 33.2 Å². The summed E-state index contributed by atoms with van der Waals surface area (Å²) in [6, 6.07) is 8.51. The van der Waals surface area contributed by atoms with Crippen molar-refractivity contribution in [1.29, 1.82) is 0 Å². The Morgan fingerprint density at radius 1 is 0.941 bits per heavy atom. The van der Waals surface area contributed by atoms with Crippen molar-refractivity contribution >= 4 is 22.4 Å². The smallest absolute Gasteiger partial charge is 0.130 e. The Morgan fingerprint density at radius 2 is 1.65 bits per heavy atom. The Hall–Kier alpha value is -1.77. The van der Waals surface area contributed by atoms with Gasteiger partial charge in [0.1, 0.15) is 5.82 Å². The summed E-state index contributed by atoms with van der Waals surface area (Å²) in [6.45, 7) is 2.11. The average Bonchev–Trinajstić information content (AvgIpc) is 2.27. The number of aromatic nitrogens is 1. The number of fused-ring (bicyclic) bond motifs is 1. The molecule has 1 aromatic carbocycles. The maximum absolute atomic E-state index is 4.66. The first-order valence-electron chi connectivity index (χ1n) is 5.75. The van der Waals surface area contributed by atoms with Gasteiger partial charge in [-0.05, 0) is 19.1 Å². The number of hydrogen-bond donors (Lipinski definition) is 0. The molecule has 1 aromatic heterocycles. The quantitative estimate of drug-likeness (QED) is 0.789. The third-order valence-corrected chi connectivity index (χ3v) is 2.87. The van der Waals surface area contributed by atoms with E-state index in [9.17, 15) is 0 Å². The lowest BCUT2D eigenvalue weighted by molar-refractivity contribution is 1.07. The van der Waals surface area contributed by atoms with Gasteiger partial charge in [0, 0.05) is 45.3 Å². The Morgan fingerprint density at radius 3 is 2.24 bits per heavy atom. The molecule has 0 spiro atoms. The van der Waals surface area contributed by atoms with Gasteiger partial charge in [-0.15, -0.1) is 0 Å². The number of nitrogens with zero attached hydrogens (tertiary/aromatic N) is 3. The minimum Gasteiger partial charge on any atom is -0.377 e. The van der Waals surface area contributed by atoms with Crippen LogP contribution in [0.25, 0.3) is 10.9 Å². The minimum atomic E-state index is 0.991. The second-order valence-electron chi connectivity index (χ2n) is 4.81. The highest BCUT2D eigenvalue weighted by Crippen LogP contribution is 2.28. The summed E-state index contributed by atoms with van der Waals surface area (Å²) in [6.07, 6.45) is 0.